The number of carbonyl (C=O) groups is 2. The first-order valence-corrected chi connectivity index (χ1v) is 11.5. The van der Waals surface area contributed by atoms with Crippen LogP contribution >= 0.6 is 0 Å². The molecule has 2 aliphatic heterocycles. The van der Waals surface area contributed by atoms with Crippen molar-refractivity contribution < 1.29 is 24.2 Å². The van der Waals surface area contributed by atoms with Crippen LogP contribution in [0.1, 0.15) is 35.6 Å². The molecule has 1 amide bonds. The zero-order chi connectivity index (χ0) is 23.8. The molecular weight excluding hydrogens is 430 g/mol. The van der Waals surface area contributed by atoms with Crippen molar-refractivity contribution in [1.82, 2.24) is 4.90 Å². The Hall–Kier alpha value is -3.64. The summed E-state index contributed by atoms with van der Waals surface area (Å²) in [5, 5.41) is 13.4. The highest BCUT2D eigenvalue weighted by atomic mass is 16.5. The zero-order valence-corrected chi connectivity index (χ0v) is 19.3. The summed E-state index contributed by atoms with van der Waals surface area (Å²) in [6.07, 6.45) is 1.64. The summed E-state index contributed by atoms with van der Waals surface area (Å²) >= 11 is 0. The molecule has 0 saturated carbocycles. The third-order valence-corrected chi connectivity index (χ3v) is 6.77. The van der Waals surface area contributed by atoms with Gasteiger partial charge in [-0.15, -0.1) is 0 Å². The van der Waals surface area contributed by atoms with Crippen molar-refractivity contribution in [2.75, 3.05) is 20.3 Å². The van der Waals surface area contributed by atoms with Gasteiger partial charge < -0.3 is 19.5 Å². The molecule has 2 saturated heterocycles. The van der Waals surface area contributed by atoms with E-state index in [0.29, 0.717) is 24.5 Å². The number of amides is 1. The minimum atomic E-state index is -0.711. The summed E-state index contributed by atoms with van der Waals surface area (Å²) in [5.41, 5.74) is 2.16. The molecule has 0 aliphatic carbocycles. The molecule has 6 heteroatoms. The number of ether oxygens (including phenoxy) is 2. The second kappa shape index (κ2) is 8.95. The molecule has 2 atom stereocenters. The number of ketones is 1. The number of aliphatic hydroxyl groups excluding tert-OH is 1. The summed E-state index contributed by atoms with van der Waals surface area (Å²) in [7, 11) is 1.57. The predicted molar refractivity (Wildman–Crippen MR) is 130 cm³/mol. The van der Waals surface area contributed by atoms with E-state index in [-0.39, 0.29) is 17.4 Å². The highest BCUT2D eigenvalue weighted by Crippen LogP contribution is 2.43. The first-order chi connectivity index (χ1) is 16.5. The number of nitrogens with zero attached hydrogens (tertiary/aromatic N) is 1. The lowest BCUT2D eigenvalue weighted by molar-refractivity contribution is -0.140. The first-order valence-electron chi connectivity index (χ1n) is 11.5. The fourth-order valence-electron chi connectivity index (χ4n) is 5.06. The minimum Gasteiger partial charge on any atom is -0.507 e. The van der Waals surface area contributed by atoms with Crippen molar-refractivity contribution >= 4 is 28.2 Å². The summed E-state index contributed by atoms with van der Waals surface area (Å²) in [6, 6.07) is 18.3. The van der Waals surface area contributed by atoms with Gasteiger partial charge >= 0.3 is 0 Å². The fourth-order valence-corrected chi connectivity index (χ4v) is 5.06. The number of hydrogen-bond donors (Lipinski definition) is 1. The number of aryl methyl sites for hydroxylation is 1. The fraction of sp³-hybridized carbons (Fsp3) is 0.286. The first kappa shape index (κ1) is 22.2. The standard InChI is InChI=1S/C28H27NO5/c1-17-15-19(33-2)12-13-21(17)26(30)24-25(23-11-5-8-18-7-3-4-10-22(18)23)29(28(32)27(24)31)16-20-9-6-14-34-20/h3-5,7-8,10-13,15,20,25,30H,6,9,14,16H2,1-2H3/b26-24+. The molecule has 2 unspecified atom stereocenters. The van der Waals surface area contributed by atoms with E-state index < -0.39 is 17.7 Å². The van der Waals surface area contributed by atoms with E-state index in [1.54, 1.807) is 30.2 Å². The van der Waals surface area contributed by atoms with Gasteiger partial charge in [0.2, 0.25) is 0 Å². The Labute approximate surface area is 198 Å². The van der Waals surface area contributed by atoms with Crippen molar-refractivity contribution in [3.8, 4) is 5.75 Å². The Morgan fingerprint density at radius 3 is 2.65 bits per heavy atom. The minimum absolute atomic E-state index is 0.104. The molecule has 0 radical (unpaired) electrons. The molecule has 3 aromatic rings. The lowest BCUT2D eigenvalue weighted by Gasteiger charge is -2.28. The molecule has 1 N–H and O–H groups in total. The molecule has 2 fully saturated rings. The Morgan fingerprint density at radius 2 is 1.91 bits per heavy atom. The average Bonchev–Trinajstić information content (AvgIpc) is 3.45. The Morgan fingerprint density at radius 1 is 1.12 bits per heavy atom. The van der Waals surface area contributed by atoms with Crippen molar-refractivity contribution in [1.29, 1.82) is 0 Å². The monoisotopic (exact) mass is 457 g/mol. The van der Waals surface area contributed by atoms with Crippen LogP contribution < -0.4 is 4.74 Å². The van der Waals surface area contributed by atoms with Crippen LogP contribution in [0.25, 0.3) is 16.5 Å². The van der Waals surface area contributed by atoms with Crippen LogP contribution in [0.4, 0.5) is 0 Å². The molecule has 174 valence electrons. The van der Waals surface area contributed by atoms with E-state index in [1.165, 1.54) is 0 Å². The molecular formula is C28H27NO5. The summed E-state index contributed by atoms with van der Waals surface area (Å²) in [5.74, 6) is -0.811. The number of likely N-dealkylation sites (tertiary alicyclic amines) is 1. The SMILES string of the molecule is COc1ccc(/C(O)=C2\C(=O)C(=O)N(CC3CCCO3)C2c2cccc3ccccc23)c(C)c1. The molecule has 5 rings (SSSR count). The van der Waals surface area contributed by atoms with Crippen LogP contribution in [0.3, 0.4) is 0 Å². The number of methoxy groups -OCH3 is 1. The quantitative estimate of drug-likeness (QED) is 0.340. The Kier molecular flexibility index (Phi) is 5.84. The second-order valence-corrected chi connectivity index (χ2v) is 8.84. The zero-order valence-electron chi connectivity index (χ0n) is 19.3. The maximum atomic E-state index is 13.4. The van der Waals surface area contributed by atoms with Crippen LogP contribution in [0.2, 0.25) is 0 Å². The molecule has 6 nitrogen and oxygen atoms in total. The molecule has 0 aromatic heterocycles. The van der Waals surface area contributed by atoms with Gasteiger partial charge in [0.25, 0.3) is 11.7 Å². The van der Waals surface area contributed by atoms with Crippen molar-refractivity contribution in [2.24, 2.45) is 0 Å². The van der Waals surface area contributed by atoms with Gasteiger partial charge in [0, 0.05) is 18.7 Å². The van der Waals surface area contributed by atoms with Gasteiger partial charge in [-0.2, -0.15) is 0 Å². The largest absolute Gasteiger partial charge is 0.507 e. The van der Waals surface area contributed by atoms with Gasteiger partial charge in [-0.25, -0.2) is 0 Å². The number of hydrogen-bond acceptors (Lipinski definition) is 5. The number of carbonyl (C=O) groups excluding carboxylic acids is 2. The Balaban J connectivity index is 1.71. The molecule has 3 aromatic carbocycles. The van der Waals surface area contributed by atoms with E-state index in [2.05, 4.69) is 0 Å². The van der Waals surface area contributed by atoms with E-state index >= 15 is 0 Å². The maximum absolute atomic E-state index is 13.4. The van der Waals surface area contributed by atoms with Crippen molar-refractivity contribution in [3.63, 3.8) is 0 Å². The van der Waals surface area contributed by atoms with Crippen molar-refractivity contribution in [2.45, 2.75) is 31.9 Å². The van der Waals surface area contributed by atoms with Gasteiger partial charge in [-0.05, 0) is 59.9 Å². The molecule has 34 heavy (non-hydrogen) atoms. The molecule has 0 spiro atoms. The normalized spacial score (nSPS) is 22.0. The van der Waals surface area contributed by atoms with Crippen LogP contribution in [-0.2, 0) is 14.3 Å². The van der Waals surface area contributed by atoms with Crippen LogP contribution in [0, 0.1) is 6.92 Å². The van der Waals surface area contributed by atoms with Crippen LogP contribution in [0.15, 0.2) is 66.2 Å². The smallest absolute Gasteiger partial charge is 0.295 e. The average molecular weight is 458 g/mol. The van der Waals surface area contributed by atoms with Gasteiger partial charge in [-0.1, -0.05) is 42.5 Å². The number of fused-ring (bicyclic) bond motifs is 1. The Bertz CT molecular complexity index is 1300. The van der Waals surface area contributed by atoms with Crippen LogP contribution in [-0.4, -0.2) is 48.1 Å². The second-order valence-electron chi connectivity index (χ2n) is 8.84. The lowest BCUT2D eigenvalue weighted by atomic mass is 9.91. The molecule has 2 heterocycles. The van der Waals surface area contributed by atoms with Crippen molar-refractivity contribution in [3.05, 3.63) is 82.9 Å². The van der Waals surface area contributed by atoms with Gasteiger partial charge in [0.1, 0.15) is 11.5 Å². The highest BCUT2D eigenvalue weighted by Gasteiger charge is 2.47. The van der Waals surface area contributed by atoms with Gasteiger partial charge in [0.15, 0.2) is 0 Å². The van der Waals surface area contributed by atoms with E-state index in [0.717, 1.165) is 34.7 Å². The topological polar surface area (TPSA) is 76.1 Å². The number of benzene rings is 3. The van der Waals surface area contributed by atoms with E-state index in [4.69, 9.17) is 9.47 Å². The van der Waals surface area contributed by atoms with E-state index in [1.807, 2.05) is 49.4 Å². The molecule has 2 aliphatic rings. The third kappa shape index (κ3) is 3.74. The maximum Gasteiger partial charge on any atom is 0.295 e. The summed E-state index contributed by atoms with van der Waals surface area (Å²) < 4.78 is 11.1. The summed E-state index contributed by atoms with van der Waals surface area (Å²) in [4.78, 5) is 28.3. The molecule has 0 bridgehead atoms. The van der Waals surface area contributed by atoms with E-state index in [9.17, 15) is 14.7 Å². The van der Waals surface area contributed by atoms with Crippen LogP contribution in [0.5, 0.6) is 5.75 Å². The van der Waals surface area contributed by atoms with Gasteiger partial charge in [0.05, 0.1) is 24.8 Å². The number of Topliss-reactive ketones (excluding diaryl/α,β-unsaturated/α-hetero) is 1. The third-order valence-electron chi connectivity index (χ3n) is 6.77. The summed E-state index contributed by atoms with van der Waals surface area (Å²) in [6.45, 7) is 2.79. The van der Waals surface area contributed by atoms with Gasteiger partial charge in [-0.3, -0.25) is 9.59 Å². The highest BCUT2D eigenvalue weighted by molar-refractivity contribution is 6.46. The lowest BCUT2D eigenvalue weighted by Crippen LogP contribution is -2.36. The number of rotatable bonds is 5. The predicted octanol–water partition coefficient (Wildman–Crippen LogP) is 4.76. The number of aliphatic hydroxyl groups is 1.